The fourth-order valence-electron chi connectivity index (χ4n) is 3.55. The van der Waals surface area contributed by atoms with Gasteiger partial charge >= 0.3 is 0 Å². The number of fused-ring (bicyclic) bond motifs is 2. The van der Waals surface area contributed by atoms with E-state index in [1.165, 1.54) is 27.8 Å². The van der Waals surface area contributed by atoms with E-state index in [1.54, 1.807) is 35.2 Å². The van der Waals surface area contributed by atoms with Crippen LogP contribution in [0.15, 0.2) is 47.4 Å². The Kier molecular flexibility index (Phi) is 4.77. The third-order valence-corrected chi connectivity index (χ3v) is 8.67. The summed E-state index contributed by atoms with van der Waals surface area (Å²) in [4.78, 5) is 15.1. The number of carbonyl (C=O) groups is 1. The lowest BCUT2D eigenvalue weighted by Gasteiger charge is -2.33. The molecule has 0 aliphatic carbocycles. The number of hydrogen-bond donors (Lipinski definition) is 0. The fourth-order valence-corrected chi connectivity index (χ4v) is 6.76. The molecule has 2 aromatic heterocycles. The van der Waals surface area contributed by atoms with Gasteiger partial charge in [0.05, 0.1) is 16.6 Å². The van der Waals surface area contributed by atoms with Gasteiger partial charge < -0.3 is 4.90 Å². The van der Waals surface area contributed by atoms with Crippen LogP contribution in [0.4, 0.5) is 4.39 Å². The summed E-state index contributed by atoms with van der Waals surface area (Å²) in [5.74, 6) is -0.567. The van der Waals surface area contributed by atoms with E-state index in [1.807, 2.05) is 0 Å². The minimum Gasteiger partial charge on any atom is -0.335 e. The summed E-state index contributed by atoms with van der Waals surface area (Å²) in [5, 5.41) is 0.428. The van der Waals surface area contributed by atoms with Crippen LogP contribution in [0.1, 0.15) is 9.67 Å². The Morgan fingerprint density at radius 3 is 2.57 bits per heavy atom. The van der Waals surface area contributed by atoms with Gasteiger partial charge in [-0.3, -0.25) is 4.79 Å². The molecule has 1 fully saturated rings. The normalized spacial score (nSPS) is 15.8. The van der Waals surface area contributed by atoms with Gasteiger partial charge in [-0.15, -0.1) is 11.3 Å². The second-order valence-corrected chi connectivity index (χ2v) is 10.4. The van der Waals surface area contributed by atoms with Crippen molar-refractivity contribution in [3.63, 3.8) is 0 Å². The van der Waals surface area contributed by atoms with Crippen molar-refractivity contribution in [2.45, 2.75) is 4.90 Å². The van der Waals surface area contributed by atoms with E-state index in [2.05, 4.69) is 8.75 Å². The molecule has 1 aliphatic heterocycles. The average Bonchev–Trinajstić information content (AvgIpc) is 3.40. The molecule has 2 aromatic carbocycles. The lowest BCUT2D eigenvalue weighted by Crippen LogP contribution is -2.50. The van der Waals surface area contributed by atoms with Crippen LogP contribution in [0.5, 0.6) is 0 Å². The standard InChI is InChI=1S/C19H15FN4O3S3/c20-13-3-1-5-15-12(13)11-16(28-15)19(25)23-7-9-24(10-8-23)30(26,27)17-6-2-4-14-18(17)22-29-21-14/h1-6,11H,7-10H2. The van der Waals surface area contributed by atoms with Crippen molar-refractivity contribution in [1.29, 1.82) is 0 Å². The molecule has 0 unspecified atom stereocenters. The van der Waals surface area contributed by atoms with E-state index >= 15 is 0 Å². The summed E-state index contributed by atoms with van der Waals surface area (Å²) in [5.41, 5.74) is 0.917. The van der Waals surface area contributed by atoms with Crippen molar-refractivity contribution in [3.8, 4) is 0 Å². The molecule has 5 rings (SSSR count). The molecule has 0 saturated carbocycles. The zero-order valence-electron chi connectivity index (χ0n) is 15.5. The van der Waals surface area contributed by atoms with Gasteiger partial charge in [0, 0.05) is 36.3 Å². The maximum absolute atomic E-state index is 13.9. The SMILES string of the molecule is O=C(c1cc2c(F)cccc2s1)N1CCN(S(=O)(=O)c2cccc3nsnc23)CC1. The average molecular weight is 463 g/mol. The topological polar surface area (TPSA) is 83.5 Å². The molecule has 7 nitrogen and oxygen atoms in total. The van der Waals surface area contributed by atoms with Crippen molar-refractivity contribution >= 4 is 60.1 Å². The highest BCUT2D eigenvalue weighted by Crippen LogP contribution is 2.29. The van der Waals surface area contributed by atoms with Crippen LogP contribution in [0.2, 0.25) is 0 Å². The maximum Gasteiger partial charge on any atom is 0.264 e. The first-order chi connectivity index (χ1) is 14.4. The number of hydrogen-bond acceptors (Lipinski definition) is 7. The molecule has 0 atom stereocenters. The number of nitrogens with zero attached hydrogens (tertiary/aromatic N) is 4. The first kappa shape index (κ1) is 19.5. The minimum atomic E-state index is -3.75. The Bertz CT molecular complexity index is 1370. The zero-order chi connectivity index (χ0) is 20.9. The highest BCUT2D eigenvalue weighted by Gasteiger charge is 2.32. The first-order valence-corrected chi connectivity index (χ1v) is 12.1. The van der Waals surface area contributed by atoms with Gasteiger partial charge in [-0.05, 0) is 30.3 Å². The number of sulfonamides is 1. The van der Waals surface area contributed by atoms with E-state index in [0.717, 1.165) is 11.7 Å². The molecule has 4 aromatic rings. The van der Waals surface area contributed by atoms with E-state index < -0.39 is 10.0 Å². The lowest BCUT2D eigenvalue weighted by molar-refractivity contribution is 0.0703. The van der Waals surface area contributed by atoms with Crippen LogP contribution >= 0.6 is 23.1 Å². The van der Waals surface area contributed by atoms with Crippen LogP contribution in [-0.4, -0.2) is 58.5 Å². The van der Waals surface area contributed by atoms with Gasteiger partial charge in [0.15, 0.2) is 0 Å². The van der Waals surface area contributed by atoms with Crippen molar-refractivity contribution < 1.29 is 17.6 Å². The number of thiophene rings is 1. The summed E-state index contributed by atoms with van der Waals surface area (Å²) in [6.45, 7) is 0.892. The van der Waals surface area contributed by atoms with Gasteiger partial charge in [0.2, 0.25) is 10.0 Å². The third kappa shape index (κ3) is 3.18. The Labute approximate surface area is 179 Å². The maximum atomic E-state index is 13.9. The molecule has 1 amide bonds. The van der Waals surface area contributed by atoms with Gasteiger partial charge in [-0.25, -0.2) is 12.8 Å². The largest absolute Gasteiger partial charge is 0.335 e. The number of amides is 1. The second-order valence-electron chi connectivity index (χ2n) is 6.85. The Hall–Kier alpha value is -2.47. The number of halogens is 1. The van der Waals surface area contributed by atoms with Gasteiger partial charge in [-0.1, -0.05) is 12.1 Å². The predicted octanol–water partition coefficient (Wildman–Crippen LogP) is 3.19. The lowest BCUT2D eigenvalue weighted by atomic mass is 10.2. The van der Waals surface area contributed by atoms with E-state index in [-0.39, 0.29) is 42.8 Å². The van der Waals surface area contributed by atoms with Crippen LogP contribution in [0.3, 0.4) is 0 Å². The van der Waals surface area contributed by atoms with E-state index in [4.69, 9.17) is 0 Å². The molecular weight excluding hydrogens is 447 g/mol. The number of benzene rings is 2. The summed E-state index contributed by atoms with van der Waals surface area (Å²) in [7, 11) is -3.75. The van der Waals surface area contributed by atoms with Crippen LogP contribution in [0, 0.1) is 5.82 Å². The van der Waals surface area contributed by atoms with Crippen LogP contribution < -0.4 is 0 Å². The Balaban J connectivity index is 1.35. The summed E-state index contributed by atoms with van der Waals surface area (Å²) in [6.07, 6.45) is 0. The van der Waals surface area contributed by atoms with Crippen molar-refractivity contribution in [2.75, 3.05) is 26.2 Å². The molecule has 0 spiro atoms. The first-order valence-electron chi connectivity index (χ1n) is 9.14. The van der Waals surface area contributed by atoms with E-state index in [9.17, 15) is 17.6 Å². The number of aromatic nitrogens is 2. The van der Waals surface area contributed by atoms with Crippen molar-refractivity contribution in [3.05, 3.63) is 53.2 Å². The van der Waals surface area contributed by atoms with Gasteiger partial charge in [0.1, 0.15) is 21.7 Å². The third-order valence-electron chi connectivity index (χ3n) is 5.11. The van der Waals surface area contributed by atoms with Crippen molar-refractivity contribution in [2.24, 2.45) is 0 Å². The van der Waals surface area contributed by atoms with E-state index in [0.29, 0.717) is 26.0 Å². The molecular formula is C19H15FN4O3S3. The second kappa shape index (κ2) is 7.34. The number of carbonyl (C=O) groups excluding carboxylic acids is 1. The Morgan fingerprint density at radius 1 is 1.03 bits per heavy atom. The molecule has 0 N–H and O–H groups in total. The minimum absolute atomic E-state index is 0.133. The molecule has 30 heavy (non-hydrogen) atoms. The molecule has 1 aliphatic rings. The highest BCUT2D eigenvalue weighted by atomic mass is 32.2. The molecule has 3 heterocycles. The molecule has 0 bridgehead atoms. The molecule has 11 heteroatoms. The molecule has 154 valence electrons. The predicted molar refractivity (Wildman–Crippen MR) is 114 cm³/mol. The molecule has 0 radical (unpaired) electrons. The Morgan fingerprint density at radius 2 is 1.80 bits per heavy atom. The summed E-state index contributed by atoms with van der Waals surface area (Å²) in [6, 6.07) is 11.2. The smallest absolute Gasteiger partial charge is 0.264 e. The highest BCUT2D eigenvalue weighted by molar-refractivity contribution is 7.89. The number of rotatable bonds is 3. The molecule has 1 saturated heterocycles. The van der Waals surface area contributed by atoms with Gasteiger partial charge in [-0.2, -0.15) is 13.1 Å². The summed E-state index contributed by atoms with van der Waals surface area (Å²) >= 11 is 2.21. The van der Waals surface area contributed by atoms with Crippen molar-refractivity contribution in [1.82, 2.24) is 18.0 Å². The van der Waals surface area contributed by atoms with Gasteiger partial charge in [0.25, 0.3) is 5.91 Å². The van der Waals surface area contributed by atoms with Crippen LogP contribution in [-0.2, 0) is 10.0 Å². The fraction of sp³-hybridized carbons (Fsp3) is 0.211. The summed E-state index contributed by atoms with van der Waals surface area (Å²) < 4.78 is 50.5. The quantitative estimate of drug-likeness (QED) is 0.467. The number of piperazine rings is 1. The van der Waals surface area contributed by atoms with Crippen LogP contribution in [0.25, 0.3) is 21.1 Å². The monoisotopic (exact) mass is 462 g/mol. The zero-order valence-corrected chi connectivity index (χ0v) is 17.9.